The van der Waals surface area contributed by atoms with Gasteiger partial charge < -0.3 is 15.0 Å². The zero-order chi connectivity index (χ0) is 13.9. The molecule has 0 fully saturated rings. The van der Waals surface area contributed by atoms with Gasteiger partial charge in [-0.05, 0) is 33.5 Å². The largest absolute Gasteiger partial charge is 0.465 e. The van der Waals surface area contributed by atoms with Crippen LogP contribution in [0.15, 0.2) is 0 Å². The molecule has 1 aromatic rings. The summed E-state index contributed by atoms with van der Waals surface area (Å²) in [6.07, 6.45) is 0. The molecule has 0 unspecified atom stereocenters. The fourth-order valence-corrected chi connectivity index (χ4v) is 2.58. The number of methoxy groups -OCH3 is 1. The highest BCUT2D eigenvalue weighted by Gasteiger charge is 2.21. The van der Waals surface area contributed by atoms with Gasteiger partial charge in [-0.25, -0.2) is 4.79 Å². The fraction of sp³-hybridized carbons (Fsp3) is 0.500. The third kappa shape index (κ3) is 3.30. The van der Waals surface area contributed by atoms with E-state index in [1.54, 1.807) is 4.90 Å². The van der Waals surface area contributed by atoms with E-state index in [1.807, 2.05) is 27.9 Å². The van der Waals surface area contributed by atoms with Gasteiger partial charge in [0.1, 0.15) is 5.00 Å². The van der Waals surface area contributed by atoms with Crippen LogP contribution in [0.3, 0.4) is 0 Å². The van der Waals surface area contributed by atoms with Crippen LogP contribution < -0.4 is 5.32 Å². The van der Waals surface area contributed by atoms with Crippen molar-refractivity contribution < 1.29 is 14.3 Å². The Bertz CT molecular complexity index is 466. The number of ether oxygens (including phenoxy) is 1. The van der Waals surface area contributed by atoms with Crippen LogP contribution in [0.2, 0.25) is 0 Å². The zero-order valence-electron chi connectivity index (χ0n) is 11.3. The number of rotatable bonds is 4. The summed E-state index contributed by atoms with van der Waals surface area (Å²) in [5, 5.41) is 3.31. The quantitative estimate of drug-likeness (QED) is 0.845. The number of hydrogen-bond donors (Lipinski definition) is 1. The Morgan fingerprint density at radius 2 is 1.94 bits per heavy atom. The lowest BCUT2D eigenvalue weighted by Gasteiger charge is -2.10. The Morgan fingerprint density at radius 3 is 2.44 bits per heavy atom. The van der Waals surface area contributed by atoms with Gasteiger partial charge in [-0.3, -0.25) is 4.79 Å². The molecule has 0 atom stereocenters. The summed E-state index contributed by atoms with van der Waals surface area (Å²) in [6.45, 7) is 4.03. The van der Waals surface area contributed by atoms with Gasteiger partial charge in [-0.2, -0.15) is 0 Å². The summed E-state index contributed by atoms with van der Waals surface area (Å²) in [6, 6.07) is 0. The van der Waals surface area contributed by atoms with E-state index in [1.165, 1.54) is 18.4 Å². The molecule has 1 amide bonds. The van der Waals surface area contributed by atoms with Crippen LogP contribution >= 0.6 is 11.3 Å². The summed E-state index contributed by atoms with van der Waals surface area (Å²) >= 11 is 1.39. The number of nitrogens with one attached hydrogen (secondary N) is 1. The van der Waals surface area contributed by atoms with Crippen molar-refractivity contribution in [2.24, 2.45) is 0 Å². The van der Waals surface area contributed by atoms with Crippen LogP contribution in [0.1, 0.15) is 20.8 Å². The highest BCUT2D eigenvalue weighted by Crippen LogP contribution is 2.32. The molecule has 1 rings (SSSR count). The summed E-state index contributed by atoms with van der Waals surface area (Å²) in [5.74, 6) is -0.566. The molecular weight excluding hydrogens is 252 g/mol. The number of nitrogens with zero attached hydrogens (tertiary/aromatic N) is 1. The van der Waals surface area contributed by atoms with Crippen molar-refractivity contribution in [3.63, 3.8) is 0 Å². The number of carbonyl (C=O) groups excluding carboxylic acids is 2. The van der Waals surface area contributed by atoms with E-state index in [0.717, 1.165) is 10.4 Å². The highest BCUT2D eigenvalue weighted by molar-refractivity contribution is 7.16. The molecule has 5 nitrogen and oxygen atoms in total. The molecule has 0 spiro atoms. The van der Waals surface area contributed by atoms with Crippen LogP contribution in [0.4, 0.5) is 5.00 Å². The first-order chi connectivity index (χ1) is 8.36. The third-order valence-electron chi connectivity index (χ3n) is 2.49. The smallest absolute Gasteiger partial charge is 0.341 e. The van der Waals surface area contributed by atoms with Crippen molar-refractivity contribution in [2.45, 2.75) is 13.8 Å². The molecule has 100 valence electrons. The van der Waals surface area contributed by atoms with Gasteiger partial charge in [0.2, 0.25) is 5.91 Å². The summed E-state index contributed by atoms with van der Waals surface area (Å²) in [5.41, 5.74) is 1.30. The molecule has 0 aliphatic rings. The average molecular weight is 270 g/mol. The highest BCUT2D eigenvalue weighted by atomic mass is 32.1. The molecule has 0 aromatic carbocycles. The summed E-state index contributed by atoms with van der Waals surface area (Å²) < 4.78 is 4.74. The molecule has 1 aromatic heterocycles. The number of anilines is 1. The van der Waals surface area contributed by atoms with E-state index in [0.29, 0.717) is 10.6 Å². The lowest BCUT2D eigenvalue weighted by atomic mass is 10.1. The van der Waals surface area contributed by atoms with Crippen LogP contribution in [0.25, 0.3) is 0 Å². The molecule has 1 heterocycles. The topological polar surface area (TPSA) is 58.6 Å². The van der Waals surface area contributed by atoms with Gasteiger partial charge in [-0.1, -0.05) is 0 Å². The maximum atomic E-state index is 11.7. The number of esters is 1. The fourth-order valence-electron chi connectivity index (χ4n) is 1.52. The average Bonchev–Trinajstić information content (AvgIpc) is 2.52. The number of hydrogen-bond acceptors (Lipinski definition) is 5. The number of amides is 1. The minimum absolute atomic E-state index is 0.147. The molecule has 6 heteroatoms. The van der Waals surface area contributed by atoms with E-state index < -0.39 is 5.97 Å². The van der Waals surface area contributed by atoms with Crippen molar-refractivity contribution in [1.29, 1.82) is 0 Å². The van der Waals surface area contributed by atoms with Crippen LogP contribution in [-0.4, -0.2) is 44.5 Å². The van der Waals surface area contributed by atoms with Crippen molar-refractivity contribution in [3.05, 3.63) is 16.0 Å². The molecule has 1 N–H and O–H groups in total. The van der Waals surface area contributed by atoms with E-state index in [4.69, 9.17) is 4.74 Å². The molecule has 18 heavy (non-hydrogen) atoms. The van der Waals surface area contributed by atoms with Crippen molar-refractivity contribution in [1.82, 2.24) is 4.90 Å². The molecule has 0 bridgehead atoms. The Balaban J connectivity index is 2.99. The molecule has 0 radical (unpaired) electrons. The van der Waals surface area contributed by atoms with E-state index >= 15 is 0 Å². The Kier molecular flexibility index (Phi) is 4.86. The second-order valence-electron chi connectivity index (χ2n) is 4.26. The Hall–Kier alpha value is -1.40. The molecular formula is C12H18N2O3S. The number of aryl methyl sites for hydroxylation is 1. The van der Waals surface area contributed by atoms with Gasteiger partial charge in [0.05, 0.1) is 19.2 Å². The normalized spacial score (nSPS) is 10.6. The Morgan fingerprint density at radius 1 is 1.33 bits per heavy atom. The molecule has 0 saturated carbocycles. The monoisotopic (exact) mass is 270 g/mol. The second-order valence-corrected chi connectivity index (χ2v) is 5.49. The third-order valence-corrected chi connectivity index (χ3v) is 3.61. The summed E-state index contributed by atoms with van der Waals surface area (Å²) in [7, 11) is 4.96. The minimum atomic E-state index is -0.419. The number of thiophene rings is 1. The van der Waals surface area contributed by atoms with Crippen LogP contribution in [-0.2, 0) is 9.53 Å². The van der Waals surface area contributed by atoms with Gasteiger partial charge >= 0.3 is 5.97 Å². The first-order valence-electron chi connectivity index (χ1n) is 5.49. The van der Waals surface area contributed by atoms with Gasteiger partial charge in [-0.15, -0.1) is 11.3 Å². The van der Waals surface area contributed by atoms with Crippen molar-refractivity contribution in [2.75, 3.05) is 33.1 Å². The van der Waals surface area contributed by atoms with Gasteiger partial charge in [0.15, 0.2) is 0 Å². The van der Waals surface area contributed by atoms with Crippen molar-refractivity contribution in [3.8, 4) is 0 Å². The van der Waals surface area contributed by atoms with Gasteiger partial charge in [0.25, 0.3) is 0 Å². The van der Waals surface area contributed by atoms with Crippen LogP contribution in [0, 0.1) is 13.8 Å². The number of likely N-dealkylation sites (N-methyl/N-ethyl adjacent to an activating group) is 1. The van der Waals surface area contributed by atoms with Crippen molar-refractivity contribution >= 4 is 28.2 Å². The SMILES string of the molecule is COC(=O)c1c(NC(=O)CN(C)C)sc(C)c1C. The predicted molar refractivity (Wildman–Crippen MR) is 72.3 cm³/mol. The minimum Gasteiger partial charge on any atom is -0.465 e. The lowest BCUT2D eigenvalue weighted by Crippen LogP contribution is -2.27. The first kappa shape index (κ1) is 14.7. The number of carbonyl (C=O) groups is 2. The van der Waals surface area contributed by atoms with Crippen LogP contribution in [0.5, 0.6) is 0 Å². The molecule has 0 aliphatic heterocycles. The van der Waals surface area contributed by atoms with E-state index in [2.05, 4.69) is 5.32 Å². The van der Waals surface area contributed by atoms with Gasteiger partial charge in [0, 0.05) is 4.88 Å². The van der Waals surface area contributed by atoms with E-state index in [-0.39, 0.29) is 12.5 Å². The zero-order valence-corrected chi connectivity index (χ0v) is 12.1. The Labute approximate surface area is 111 Å². The maximum absolute atomic E-state index is 11.7. The standard InChI is InChI=1S/C12H18N2O3S/c1-7-8(2)18-11(10(7)12(16)17-5)13-9(15)6-14(3)4/h6H2,1-5H3,(H,13,15). The first-order valence-corrected chi connectivity index (χ1v) is 6.31. The lowest BCUT2D eigenvalue weighted by molar-refractivity contribution is -0.116. The predicted octanol–water partition coefficient (Wildman–Crippen LogP) is 1.65. The second kappa shape index (κ2) is 5.97. The van der Waals surface area contributed by atoms with E-state index in [9.17, 15) is 9.59 Å². The maximum Gasteiger partial charge on any atom is 0.341 e. The molecule has 0 saturated heterocycles. The summed E-state index contributed by atoms with van der Waals surface area (Å²) in [4.78, 5) is 26.2. The molecule has 0 aliphatic carbocycles.